The van der Waals surface area contributed by atoms with Crippen molar-refractivity contribution in [2.75, 3.05) is 25.0 Å². The zero-order valence-electron chi connectivity index (χ0n) is 23.8. The van der Waals surface area contributed by atoms with Gasteiger partial charge in [-0.2, -0.15) is 0 Å². The van der Waals surface area contributed by atoms with Crippen LogP contribution < -0.4 is 10.2 Å². The van der Waals surface area contributed by atoms with Gasteiger partial charge in [0.1, 0.15) is 23.2 Å². The van der Waals surface area contributed by atoms with Gasteiger partial charge in [0.05, 0.1) is 22.3 Å². The van der Waals surface area contributed by atoms with E-state index in [0.717, 1.165) is 6.07 Å². The van der Waals surface area contributed by atoms with Crippen LogP contribution in [0.2, 0.25) is 5.02 Å². The van der Waals surface area contributed by atoms with Gasteiger partial charge in [0, 0.05) is 37.7 Å². The second kappa shape index (κ2) is 14.6. The van der Waals surface area contributed by atoms with Gasteiger partial charge in [-0.3, -0.25) is 19.5 Å². The molecule has 0 aliphatic heterocycles. The number of amidine groups is 1. The normalized spacial score (nSPS) is 17.3. The van der Waals surface area contributed by atoms with Gasteiger partial charge < -0.3 is 15.3 Å². The first-order chi connectivity index (χ1) is 19.7. The van der Waals surface area contributed by atoms with Gasteiger partial charge in [-0.25, -0.2) is 9.37 Å². The molecule has 218 valence electrons. The molecule has 41 heavy (non-hydrogen) atoms. The molecule has 1 aliphatic rings. The number of anilines is 1. The highest BCUT2D eigenvalue weighted by Crippen LogP contribution is 2.37. The quantitative estimate of drug-likeness (QED) is 0.143. The summed E-state index contributed by atoms with van der Waals surface area (Å²) in [4.78, 5) is 36.8. The predicted molar refractivity (Wildman–Crippen MR) is 163 cm³/mol. The van der Waals surface area contributed by atoms with Crippen LogP contribution in [0.4, 0.5) is 10.2 Å². The molecule has 2 amide bonds. The fourth-order valence-corrected chi connectivity index (χ4v) is 5.24. The maximum Gasteiger partial charge on any atom is 0.215 e. The number of carbonyl (C=O) groups excluding carboxylic acids is 2. The molecule has 1 heterocycles. The van der Waals surface area contributed by atoms with Crippen molar-refractivity contribution in [2.45, 2.75) is 39.3 Å². The van der Waals surface area contributed by atoms with E-state index in [1.165, 1.54) is 17.0 Å². The summed E-state index contributed by atoms with van der Waals surface area (Å²) < 4.78 is 15.0. The minimum Gasteiger partial charge on any atom is -0.508 e. The maximum atomic E-state index is 15.0. The summed E-state index contributed by atoms with van der Waals surface area (Å²) in [7, 11) is 1.63. The number of halogens is 2. The van der Waals surface area contributed by atoms with Crippen molar-refractivity contribution < 1.29 is 19.1 Å². The first kappa shape index (κ1) is 31.5. The summed E-state index contributed by atoms with van der Waals surface area (Å²) in [6.07, 6.45) is 11.6. The SMILES string of the molecule is C=CCCN(C(=NC)c1cc(Cl)c(-c2cc(O)ccc2F)nc1N(C=O)C1C=CC=CC1C(C)C)C(C)CNC=O. The molecule has 10 heteroatoms. The molecule has 2 N–H and O–H groups in total. The lowest BCUT2D eigenvalue weighted by atomic mass is 9.84. The lowest BCUT2D eigenvalue weighted by Gasteiger charge is -2.37. The molecule has 0 fully saturated rings. The number of carbonyl (C=O) groups is 2. The van der Waals surface area contributed by atoms with Crippen LogP contribution in [-0.2, 0) is 9.59 Å². The van der Waals surface area contributed by atoms with Crippen LogP contribution >= 0.6 is 11.6 Å². The highest BCUT2D eigenvalue weighted by Gasteiger charge is 2.33. The summed E-state index contributed by atoms with van der Waals surface area (Å²) in [6, 6.07) is 4.65. The zero-order valence-corrected chi connectivity index (χ0v) is 24.6. The summed E-state index contributed by atoms with van der Waals surface area (Å²) in [5, 5.41) is 12.9. The molecule has 3 unspecified atom stereocenters. The number of amides is 2. The van der Waals surface area contributed by atoms with Gasteiger partial charge in [0.2, 0.25) is 12.8 Å². The predicted octanol–water partition coefficient (Wildman–Crippen LogP) is 5.37. The van der Waals surface area contributed by atoms with Crippen LogP contribution in [0.3, 0.4) is 0 Å². The highest BCUT2D eigenvalue weighted by atomic mass is 35.5. The number of rotatable bonds is 13. The number of nitrogens with one attached hydrogen (secondary N) is 1. The topological polar surface area (TPSA) is 98.1 Å². The molecule has 0 bridgehead atoms. The molecule has 1 aromatic heterocycles. The number of aromatic nitrogens is 1. The Morgan fingerprint density at radius 3 is 2.61 bits per heavy atom. The van der Waals surface area contributed by atoms with E-state index in [4.69, 9.17) is 16.6 Å². The number of aliphatic imine (C=N–C) groups is 1. The number of hydrogen-bond donors (Lipinski definition) is 2. The number of phenolic OH excluding ortho intramolecular Hbond substituents is 1. The molecule has 1 aromatic carbocycles. The second-order valence-corrected chi connectivity index (χ2v) is 10.5. The molecule has 8 nitrogen and oxygen atoms in total. The van der Waals surface area contributed by atoms with Gasteiger partial charge >= 0.3 is 0 Å². The van der Waals surface area contributed by atoms with Crippen molar-refractivity contribution in [1.82, 2.24) is 15.2 Å². The lowest BCUT2D eigenvalue weighted by Crippen LogP contribution is -2.46. The number of benzene rings is 1. The van der Waals surface area contributed by atoms with Crippen LogP contribution in [0.5, 0.6) is 5.75 Å². The minimum atomic E-state index is -0.625. The number of pyridine rings is 1. The van der Waals surface area contributed by atoms with Crippen molar-refractivity contribution in [3.05, 3.63) is 77.6 Å². The molecule has 0 radical (unpaired) electrons. The molecule has 3 rings (SSSR count). The third-order valence-corrected chi connectivity index (χ3v) is 7.37. The summed E-state index contributed by atoms with van der Waals surface area (Å²) in [6.45, 7) is 10.8. The Balaban J connectivity index is 2.31. The Hall–Kier alpha value is -3.98. The smallest absolute Gasteiger partial charge is 0.215 e. The summed E-state index contributed by atoms with van der Waals surface area (Å²) in [5.41, 5.74) is 0.530. The van der Waals surface area contributed by atoms with E-state index < -0.39 is 5.82 Å². The molecule has 0 saturated carbocycles. The zero-order chi connectivity index (χ0) is 30.1. The fourth-order valence-electron chi connectivity index (χ4n) is 4.99. The van der Waals surface area contributed by atoms with Crippen molar-refractivity contribution in [3.63, 3.8) is 0 Å². The van der Waals surface area contributed by atoms with Gasteiger partial charge in [0.25, 0.3) is 0 Å². The first-order valence-corrected chi connectivity index (χ1v) is 13.9. The number of hydrogen-bond acceptors (Lipinski definition) is 5. The Bertz CT molecular complexity index is 1340. The van der Waals surface area contributed by atoms with E-state index in [-0.39, 0.29) is 51.8 Å². The fraction of sp³-hybridized carbons (Fsp3) is 0.355. The monoisotopic (exact) mass is 581 g/mol. The van der Waals surface area contributed by atoms with Crippen molar-refractivity contribution >= 4 is 36.1 Å². The van der Waals surface area contributed by atoms with E-state index in [1.807, 2.05) is 30.1 Å². The number of aromatic hydroxyl groups is 1. The molecule has 1 aliphatic carbocycles. The molecule has 0 spiro atoms. The summed E-state index contributed by atoms with van der Waals surface area (Å²) in [5.74, 6) is 0.117. The van der Waals surface area contributed by atoms with E-state index in [0.29, 0.717) is 43.7 Å². The van der Waals surface area contributed by atoms with Crippen molar-refractivity contribution in [1.29, 1.82) is 0 Å². The number of phenols is 1. The van der Waals surface area contributed by atoms with Crippen LogP contribution in [0.1, 0.15) is 32.8 Å². The highest BCUT2D eigenvalue weighted by molar-refractivity contribution is 6.33. The lowest BCUT2D eigenvalue weighted by molar-refractivity contribution is -0.110. The maximum absolute atomic E-state index is 15.0. The van der Waals surface area contributed by atoms with Crippen molar-refractivity contribution in [3.8, 4) is 17.0 Å². The number of nitrogens with zero attached hydrogens (tertiary/aromatic N) is 4. The van der Waals surface area contributed by atoms with Crippen molar-refractivity contribution in [2.24, 2.45) is 16.8 Å². The minimum absolute atomic E-state index is 0.00445. The Morgan fingerprint density at radius 1 is 1.24 bits per heavy atom. The van der Waals surface area contributed by atoms with Crippen LogP contribution in [0, 0.1) is 17.7 Å². The largest absolute Gasteiger partial charge is 0.508 e. The molecular weight excluding hydrogens is 545 g/mol. The van der Waals surface area contributed by atoms with E-state index in [9.17, 15) is 19.1 Å². The molecular formula is C31H37ClFN5O3. The molecule has 2 aromatic rings. The Kier molecular flexibility index (Phi) is 11.2. The van der Waals surface area contributed by atoms with E-state index >= 15 is 0 Å². The second-order valence-electron chi connectivity index (χ2n) is 10.1. The number of allylic oxidation sites excluding steroid dienone is 2. The third-order valence-electron chi connectivity index (χ3n) is 7.08. The van der Waals surface area contributed by atoms with Gasteiger partial charge in [-0.15, -0.1) is 6.58 Å². The third kappa shape index (κ3) is 7.21. The average Bonchev–Trinajstić information content (AvgIpc) is 2.96. The Morgan fingerprint density at radius 2 is 1.98 bits per heavy atom. The van der Waals surface area contributed by atoms with E-state index in [2.05, 4.69) is 36.8 Å². The molecule has 0 saturated heterocycles. The summed E-state index contributed by atoms with van der Waals surface area (Å²) >= 11 is 6.76. The van der Waals surface area contributed by atoms with E-state index in [1.54, 1.807) is 19.2 Å². The molecule has 3 atom stereocenters. The Labute approximate surface area is 245 Å². The van der Waals surface area contributed by atoms with Crippen LogP contribution in [0.25, 0.3) is 11.3 Å². The van der Waals surface area contributed by atoms with Gasteiger partial charge in [-0.05, 0) is 43.5 Å². The average molecular weight is 582 g/mol. The van der Waals surface area contributed by atoms with Crippen LogP contribution in [0.15, 0.2) is 66.2 Å². The van der Waals surface area contributed by atoms with Gasteiger partial charge in [-0.1, -0.05) is 55.8 Å². The van der Waals surface area contributed by atoms with Gasteiger partial charge in [0.15, 0.2) is 0 Å². The van der Waals surface area contributed by atoms with Crippen LogP contribution in [-0.4, -0.2) is 65.9 Å². The first-order valence-electron chi connectivity index (χ1n) is 13.5. The standard InChI is InChI=1S/C31H37ClFN5O3/c1-6-7-14-37(21(4)17-35-18-39)30(34-5)25-16-26(32)29(24-15-22(41)12-13-27(24)33)36-31(25)38(19-40)28-11-9-8-10-23(28)20(2)3/h6,8-13,15-16,18-21,23,28,41H,1,7,14,17H2,2-5H3,(H,35,39).